The van der Waals surface area contributed by atoms with Crippen LogP contribution in [0.15, 0.2) is 24.7 Å². The molecule has 4 rings (SSSR count). The van der Waals surface area contributed by atoms with Crippen LogP contribution in [0.3, 0.4) is 0 Å². The number of ether oxygens (including phenoxy) is 2. The molecule has 172 valence electrons. The van der Waals surface area contributed by atoms with Gasteiger partial charge in [-0.25, -0.2) is 14.3 Å². The Kier molecular flexibility index (Phi) is 6.50. The average molecular weight is 459 g/mol. The van der Waals surface area contributed by atoms with E-state index in [9.17, 15) is 4.79 Å². The number of aromatic nitrogens is 4. The second-order valence-corrected chi connectivity index (χ2v) is 9.85. The zero-order valence-electron chi connectivity index (χ0n) is 19.0. The van der Waals surface area contributed by atoms with E-state index in [4.69, 9.17) is 9.47 Å². The molecule has 10 heteroatoms. The lowest BCUT2D eigenvalue weighted by atomic mass is 9.97. The van der Waals surface area contributed by atoms with Gasteiger partial charge in [-0.15, -0.1) is 5.10 Å². The first kappa shape index (κ1) is 22.3. The van der Waals surface area contributed by atoms with Gasteiger partial charge in [0.15, 0.2) is 0 Å². The molecular weight excluding hydrogens is 428 g/mol. The SMILES string of the molecule is CCOc1cncc(-c2cn3nc(NCC4CCN(C(=O)OC(C)(C)C)CC4)sc3n2)c1. The number of fused-ring (bicyclic) bond motifs is 1. The second kappa shape index (κ2) is 9.32. The predicted octanol–water partition coefficient (Wildman–Crippen LogP) is 4.31. The lowest BCUT2D eigenvalue weighted by Gasteiger charge is -2.33. The number of likely N-dealkylation sites (tertiary alicyclic amines) is 1. The molecular formula is C22H30N6O3S. The number of carbonyl (C=O) groups is 1. The number of rotatable bonds is 6. The predicted molar refractivity (Wildman–Crippen MR) is 124 cm³/mol. The van der Waals surface area contributed by atoms with E-state index in [1.807, 2.05) is 40.0 Å². The van der Waals surface area contributed by atoms with Crippen LogP contribution in [-0.4, -0.2) is 62.4 Å². The van der Waals surface area contributed by atoms with Crippen molar-refractivity contribution >= 4 is 27.5 Å². The fourth-order valence-corrected chi connectivity index (χ4v) is 4.38. The molecule has 9 nitrogen and oxygen atoms in total. The van der Waals surface area contributed by atoms with Crippen LogP contribution in [0.4, 0.5) is 9.93 Å². The molecule has 0 aliphatic carbocycles. The van der Waals surface area contributed by atoms with Crippen molar-refractivity contribution in [3.8, 4) is 17.0 Å². The standard InChI is InChI=1S/C22H30N6O3S/c1-5-30-17-10-16(12-23-13-17)18-14-28-20(25-18)32-19(26-28)24-11-15-6-8-27(9-7-15)21(29)31-22(2,3)4/h10,12-15H,5-9,11H2,1-4H3,(H,24,26). The summed E-state index contributed by atoms with van der Waals surface area (Å²) < 4.78 is 12.8. The van der Waals surface area contributed by atoms with Gasteiger partial charge in [-0.05, 0) is 52.5 Å². The number of piperidine rings is 1. The molecule has 32 heavy (non-hydrogen) atoms. The van der Waals surface area contributed by atoms with Gasteiger partial charge in [-0.1, -0.05) is 11.3 Å². The normalized spacial score (nSPS) is 15.2. The van der Waals surface area contributed by atoms with Crippen molar-refractivity contribution in [1.82, 2.24) is 24.5 Å². The Morgan fingerprint density at radius 2 is 2.06 bits per heavy atom. The molecule has 1 N–H and O–H groups in total. The lowest BCUT2D eigenvalue weighted by molar-refractivity contribution is 0.0188. The van der Waals surface area contributed by atoms with Crippen molar-refractivity contribution in [1.29, 1.82) is 0 Å². The zero-order valence-corrected chi connectivity index (χ0v) is 19.8. The summed E-state index contributed by atoms with van der Waals surface area (Å²) in [6.07, 6.45) is 7.05. The molecule has 0 unspecified atom stereocenters. The van der Waals surface area contributed by atoms with Crippen LogP contribution in [0.2, 0.25) is 0 Å². The third kappa shape index (κ3) is 5.48. The van der Waals surface area contributed by atoms with Crippen molar-refractivity contribution in [2.75, 3.05) is 31.6 Å². The van der Waals surface area contributed by atoms with Crippen molar-refractivity contribution in [3.63, 3.8) is 0 Å². The molecule has 1 saturated heterocycles. The van der Waals surface area contributed by atoms with E-state index in [1.54, 1.807) is 21.8 Å². The van der Waals surface area contributed by atoms with Crippen LogP contribution in [0.5, 0.6) is 5.75 Å². The van der Waals surface area contributed by atoms with E-state index in [0.29, 0.717) is 12.5 Å². The molecule has 0 radical (unpaired) electrons. The monoisotopic (exact) mass is 458 g/mol. The summed E-state index contributed by atoms with van der Waals surface area (Å²) in [5, 5.41) is 8.89. The largest absolute Gasteiger partial charge is 0.492 e. The number of nitrogens with zero attached hydrogens (tertiary/aromatic N) is 5. The van der Waals surface area contributed by atoms with E-state index < -0.39 is 5.60 Å². The maximum absolute atomic E-state index is 12.2. The number of nitrogens with one attached hydrogen (secondary N) is 1. The first-order valence-corrected chi connectivity index (χ1v) is 11.8. The van der Waals surface area contributed by atoms with E-state index >= 15 is 0 Å². The Balaban J connectivity index is 1.30. The summed E-state index contributed by atoms with van der Waals surface area (Å²) in [5.41, 5.74) is 1.26. The number of amides is 1. The molecule has 1 aliphatic heterocycles. The van der Waals surface area contributed by atoms with Crippen molar-refractivity contribution in [3.05, 3.63) is 24.7 Å². The Morgan fingerprint density at radius 3 is 2.75 bits per heavy atom. The summed E-state index contributed by atoms with van der Waals surface area (Å²) in [6.45, 7) is 10.5. The van der Waals surface area contributed by atoms with Gasteiger partial charge < -0.3 is 19.7 Å². The summed E-state index contributed by atoms with van der Waals surface area (Å²) in [4.78, 5) is 23.7. The summed E-state index contributed by atoms with van der Waals surface area (Å²) in [7, 11) is 0. The molecule has 0 saturated carbocycles. The number of hydrogen-bond donors (Lipinski definition) is 1. The summed E-state index contributed by atoms with van der Waals surface area (Å²) in [5.74, 6) is 1.22. The average Bonchev–Trinajstić information content (AvgIpc) is 3.31. The third-order valence-corrected chi connectivity index (χ3v) is 6.05. The first-order chi connectivity index (χ1) is 15.3. The number of pyridine rings is 1. The van der Waals surface area contributed by atoms with Crippen LogP contribution in [0.25, 0.3) is 16.2 Å². The van der Waals surface area contributed by atoms with Crippen LogP contribution in [0, 0.1) is 5.92 Å². The molecule has 3 aromatic heterocycles. The molecule has 0 aromatic carbocycles. The molecule has 0 bridgehead atoms. The minimum atomic E-state index is -0.458. The fourth-order valence-electron chi connectivity index (χ4n) is 3.59. The van der Waals surface area contributed by atoms with Gasteiger partial charge >= 0.3 is 6.09 Å². The van der Waals surface area contributed by atoms with E-state index in [2.05, 4.69) is 20.4 Å². The van der Waals surface area contributed by atoms with Crippen LogP contribution >= 0.6 is 11.3 Å². The number of hydrogen-bond acceptors (Lipinski definition) is 8. The summed E-state index contributed by atoms with van der Waals surface area (Å²) >= 11 is 1.52. The highest BCUT2D eigenvalue weighted by Gasteiger charge is 2.27. The molecule has 4 heterocycles. The maximum Gasteiger partial charge on any atom is 0.410 e. The van der Waals surface area contributed by atoms with Crippen LogP contribution in [0.1, 0.15) is 40.5 Å². The van der Waals surface area contributed by atoms with E-state index in [1.165, 1.54) is 11.3 Å². The van der Waals surface area contributed by atoms with Gasteiger partial charge in [0.05, 0.1) is 24.7 Å². The maximum atomic E-state index is 12.2. The smallest absolute Gasteiger partial charge is 0.410 e. The van der Waals surface area contributed by atoms with Crippen molar-refractivity contribution in [2.45, 2.75) is 46.1 Å². The van der Waals surface area contributed by atoms with E-state index in [-0.39, 0.29) is 6.09 Å². The molecule has 1 aliphatic rings. The lowest BCUT2D eigenvalue weighted by Crippen LogP contribution is -2.42. The number of anilines is 1. The van der Waals surface area contributed by atoms with Gasteiger partial charge in [-0.3, -0.25) is 4.98 Å². The van der Waals surface area contributed by atoms with Gasteiger partial charge in [0.2, 0.25) is 10.1 Å². The number of carbonyl (C=O) groups excluding carboxylic acids is 1. The topological polar surface area (TPSA) is 93.9 Å². The number of imidazole rings is 1. The third-order valence-electron chi connectivity index (χ3n) is 5.17. The van der Waals surface area contributed by atoms with Crippen LogP contribution in [-0.2, 0) is 4.74 Å². The Morgan fingerprint density at radius 1 is 1.28 bits per heavy atom. The van der Waals surface area contributed by atoms with Gasteiger partial charge in [0.25, 0.3) is 0 Å². The Hall–Kier alpha value is -2.88. The van der Waals surface area contributed by atoms with Crippen molar-refractivity contribution in [2.24, 2.45) is 5.92 Å². The molecule has 0 spiro atoms. The van der Waals surface area contributed by atoms with Gasteiger partial charge in [-0.2, -0.15) is 0 Å². The van der Waals surface area contributed by atoms with Crippen molar-refractivity contribution < 1.29 is 14.3 Å². The molecule has 1 amide bonds. The van der Waals surface area contributed by atoms with E-state index in [0.717, 1.165) is 59.6 Å². The quantitative estimate of drug-likeness (QED) is 0.588. The highest BCUT2D eigenvalue weighted by molar-refractivity contribution is 7.20. The first-order valence-electron chi connectivity index (χ1n) is 11.0. The second-order valence-electron chi connectivity index (χ2n) is 8.89. The Labute approximate surface area is 191 Å². The van der Waals surface area contributed by atoms with Crippen LogP contribution < -0.4 is 10.1 Å². The molecule has 1 fully saturated rings. The zero-order chi connectivity index (χ0) is 22.7. The fraction of sp³-hybridized carbons (Fsp3) is 0.545. The van der Waals surface area contributed by atoms with Gasteiger partial charge in [0, 0.05) is 31.4 Å². The molecule has 3 aromatic rings. The summed E-state index contributed by atoms with van der Waals surface area (Å²) in [6, 6.07) is 1.94. The minimum Gasteiger partial charge on any atom is -0.492 e. The Bertz CT molecular complexity index is 1030. The highest BCUT2D eigenvalue weighted by Crippen LogP contribution is 2.27. The minimum absolute atomic E-state index is 0.220. The molecule has 0 atom stereocenters. The van der Waals surface area contributed by atoms with Gasteiger partial charge in [0.1, 0.15) is 11.4 Å². The highest BCUT2D eigenvalue weighted by atomic mass is 32.1.